The van der Waals surface area contributed by atoms with Gasteiger partial charge in [0.05, 0.1) is 21.3 Å². The van der Waals surface area contributed by atoms with E-state index in [-0.39, 0.29) is 6.03 Å². The van der Waals surface area contributed by atoms with Crippen LogP contribution < -0.4 is 24.8 Å². The van der Waals surface area contributed by atoms with Gasteiger partial charge in [-0.05, 0) is 35.4 Å². The van der Waals surface area contributed by atoms with E-state index >= 15 is 0 Å². The van der Waals surface area contributed by atoms with Gasteiger partial charge in [-0.25, -0.2) is 9.78 Å². The van der Waals surface area contributed by atoms with Crippen LogP contribution in [-0.4, -0.2) is 36.9 Å². The topological polar surface area (TPSA) is 86.6 Å². The number of urea groups is 1. The highest BCUT2D eigenvalue weighted by molar-refractivity contribution is 5.75. The van der Waals surface area contributed by atoms with Crippen LogP contribution in [0.3, 0.4) is 0 Å². The van der Waals surface area contributed by atoms with E-state index in [1.165, 1.54) is 0 Å². The van der Waals surface area contributed by atoms with Gasteiger partial charge in [-0.2, -0.15) is 0 Å². The molecule has 0 unspecified atom stereocenters. The number of aryl methyl sites for hydroxylation is 1. The second-order valence-electron chi connectivity index (χ2n) is 6.62. The molecule has 8 nitrogen and oxygen atoms in total. The molecule has 0 saturated heterocycles. The number of nitrogens with one attached hydrogen (secondary N) is 2. The Morgan fingerprint density at radius 2 is 1.87 bits per heavy atom. The second kappa shape index (κ2) is 9.69. The lowest BCUT2D eigenvalue weighted by molar-refractivity contribution is 0.237. The summed E-state index contributed by atoms with van der Waals surface area (Å²) in [5.41, 5.74) is 1.75. The Bertz CT molecular complexity index is 1000. The van der Waals surface area contributed by atoms with Crippen LogP contribution in [0.25, 0.3) is 0 Å². The number of carbonyl (C=O) groups excluding carboxylic acids is 1. The quantitative estimate of drug-likeness (QED) is 0.596. The van der Waals surface area contributed by atoms with Crippen LogP contribution in [0, 0.1) is 0 Å². The van der Waals surface area contributed by atoms with Gasteiger partial charge in [0, 0.05) is 26.0 Å². The van der Waals surface area contributed by atoms with E-state index in [0.29, 0.717) is 29.6 Å². The third-order valence-corrected chi connectivity index (χ3v) is 4.72. The van der Waals surface area contributed by atoms with Gasteiger partial charge >= 0.3 is 6.03 Å². The maximum absolute atomic E-state index is 12.7. The molecule has 1 aromatic heterocycles. The molecule has 158 valence electrons. The summed E-state index contributed by atoms with van der Waals surface area (Å²) in [5, 5.41) is 5.89. The lowest BCUT2D eigenvalue weighted by atomic mass is 10.1. The highest BCUT2D eigenvalue weighted by Gasteiger charge is 2.21. The molecule has 2 amide bonds. The van der Waals surface area contributed by atoms with Gasteiger partial charge in [0.2, 0.25) is 0 Å². The fraction of sp³-hybridized carbons (Fsp3) is 0.273. The fourth-order valence-corrected chi connectivity index (χ4v) is 3.13. The van der Waals surface area contributed by atoms with Crippen molar-refractivity contribution in [2.75, 3.05) is 21.3 Å². The zero-order valence-corrected chi connectivity index (χ0v) is 17.5. The SMILES string of the molecule is COc1cccc([C@@H](NC(=O)NCc2ccc(OC)c(OC)c2)c2nccn2C)c1. The molecular weight excluding hydrogens is 384 g/mol. The normalized spacial score (nSPS) is 11.5. The summed E-state index contributed by atoms with van der Waals surface area (Å²) in [7, 11) is 6.66. The number of hydrogen-bond donors (Lipinski definition) is 2. The molecule has 2 aromatic carbocycles. The van der Waals surface area contributed by atoms with Crippen molar-refractivity contribution < 1.29 is 19.0 Å². The zero-order chi connectivity index (χ0) is 21.5. The molecule has 1 atom stereocenters. The Hall–Kier alpha value is -3.68. The predicted molar refractivity (Wildman–Crippen MR) is 113 cm³/mol. The summed E-state index contributed by atoms with van der Waals surface area (Å²) in [6, 6.07) is 12.3. The smallest absolute Gasteiger partial charge is 0.315 e. The molecule has 0 aliphatic heterocycles. The first-order chi connectivity index (χ1) is 14.5. The minimum absolute atomic E-state index is 0.319. The number of nitrogens with zero attached hydrogens (tertiary/aromatic N) is 2. The Morgan fingerprint density at radius 3 is 2.53 bits per heavy atom. The second-order valence-corrected chi connectivity index (χ2v) is 6.62. The molecule has 30 heavy (non-hydrogen) atoms. The van der Waals surface area contributed by atoms with Crippen molar-refractivity contribution >= 4 is 6.03 Å². The van der Waals surface area contributed by atoms with Crippen molar-refractivity contribution in [3.05, 3.63) is 71.8 Å². The first kappa shape index (κ1) is 21.0. The molecule has 8 heteroatoms. The predicted octanol–water partition coefficient (Wildman–Crippen LogP) is 3.03. The van der Waals surface area contributed by atoms with E-state index in [0.717, 1.165) is 11.1 Å². The lowest BCUT2D eigenvalue weighted by Crippen LogP contribution is -2.38. The maximum Gasteiger partial charge on any atom is 0.315 e. The molecule has 3 rings (SSSR count). The van der Waals surface area contributed by atoms with Crippen LogP contribution in [0.5, 0.6) is 17.2 Å². The highest BCUT2D eigenvalue weighted by Crippen LogP contribution is 2.27. The summed E-state index contributed by atoms with van der Waals surface area (Å²) in [5.74, 6) is 2.67. The zero-order valence-electron chi connectivity index (χ0n) is 17.5. The van der Waals surface area contributed by atoms with E-state index in [1.54, 1.807) is 33.6 Å². The van der Waals surface area contributed by atoms with Crippen LogP contribution in [0.1, 0.15) is 23.0 Å². The lowest BCUT2D eigenvalue weighted by Gasteiger charge is -2.20. The van der Waals surface area contributed by atoms with E-state index in [1.807, 2.05) is 54.2 Å². The van der Waals surface area contributed by atoms with Crippen LogP contribution in [0.4, 0.5) is 4.79 Å². The molecule has 0 bridgehead atoms. The van der Waals surface area contributed by atoms with Crippen molar-refractivity contribution in [3.63, 3.8) is 0 Å². The van der Waals surface area contributed by atoms with Gasteiger partial charge in [-0.1, -0.05) is 18.2 Å². The van der Waals surface area contributed by atoms with Crippen molar-refractivity contribution in [2.24, 2.45) is 7.05 Å². The molecule has 2 N–H and O–H groups in total. The number of amides is 2. The molecule has 0 fully saturated rings. The number of imidazole rings is 1. The maximum atomic E-state index is 12.7. The van der Waals surface area contributed by atoms with Gasteiger partial charge in [0.25, 0.3) is 0 Å². The first-order valence-corrected chi connectivity index (χ1v) is 9.42. The highest BCUT2D eigenvalue weighted by atomic mass is 16.5. The van der Waals surface area contributed by atoms with Gasteiger partial charge in [-0.15, -0.1) is 0 Å². The van der Waals surface area contributed by atoms with E-state index < -0.39 is 6.04 Å². The van der Waals surface area contributed by atoms with Crippen LogP contribution in [0.15, 0.2) is 54.9 Å². The first-order valence-electron chi connectivity index (χ1n) is 9.42. The minimum Gasteiger partial charge on any atom is -0.497 e. The van der Waals surface area contributed by atoms with Crippen molar-refractivity contribution in [1.82, 2.24) is 20.2 Å². The molecule has 3 aromatic rings. The molecule has 0 radical (unpaired) electrons. The molecule has 0 saturated carbocycles. The monoisotopic (exact) mass is 410 g/mol. The van der Waals surface area contributed by atoms with Crippen molar-refractivity contribution in [2.45, 2.75) is 12.6 Å². The number of benzene rings is 2. The van der Waals surface area contributed by atoms with Crippen molar-refractivity contribution in [1.29, 1.82) is 0 Å². The summed E-state index contributed by atoms with van der Waals surface area (Å²) < 4.78 is 17.8. The third-order valence-electron chi connectivity index (χ3n) is 4.72. The molecular formula is C22H26N4O4. The number of carbonyl (C=O) groups is 1. The third kappa shape index (κ3) is 4.83. The molecule has 0 spiro atoms. The summed E-state index contributed by atoms with van der Waals surface area (Å²) >= 11 is 0. The average Bonchev–Trinajstić information content (AvgIpc) is 3.21. The summed E-state index contributed by atoms with van der Waals surface area (Å²) in [4.78, 5) is 17.1. The standard InChI is InChI=1S/C22H26N4O4/c1-26-11-10-23-21(26)20(16-6-5-7-17(13-16)28-2)25-22(27)24-14-15-8-9-18(29-3)19(12-15)30-4/h5-13,20H,14H2,1-4H3,(H2,24,25,27)/t20-/m1/s1. The Labute approximate surface area is 175 Å². The van der Waals surface area contributed by atoms with Crippen LogP contribution >= 0.6 is 0 Å². The number of rotatable bonds is 8. The van der Waals surface area contributed by atoms with Crippen LogP contribution in [0.2, 0.25) is 0 Å². The van der Waals surface area contributed by atoms with Gasteiger partial charge in [0.15, 0.2) is 11.5 Å². The van der Waals surface area contributed by atoms with Crippen molar-refractivity contribution in [3.8, 4) is 17.2 Å². The fourth-order valence-electron chi connectivity index (χ4n) is 3.13. The van der Waals surface area contributed by atoms with Gasteiger partial charge in [-0.3, -0.25) is 0 Å². The molecule has 1 heterocycles. The summed E-state index contributed by atoms with van der Waals surface area (Å²) in [6.07, 6.45) is 3.54. The summed E-state index contributed by atoms with van der Waals surface area (Å²) in [6.45, 7) is 0.331. The number of hydrogen-bond acceptors (Lipinski definition) is 5. The van der Waals surface area contributed by atoms with Gasteiger partial charge < -0.3 is 29.4 Å². The average molecular weight is 410 g/mol. The number of aromatic nitrogens is 2. The van der Waals surface area contributed by atoms with Gasteiger partial charge in [0.1, 0.15) is 17.6 Å². The minimum atomic E-state index is -0.439. The van der Waals surface area contributed by atoms with Crippen LogP contribution in [-0.2, 0) is 13.6 Å². The Kier molecular flexibility index (Phi) is 6.79. The Balaban J connectivity index is 1.75. The molecule has 0 aliphatic carbocycles. The van der Waals surface area contributed by atoms with E-state index in [4.69, 9.17) is 14.2 Å². The number of ether oxygens (including phenoxy) is 3. The van der Waals surface area contributed by atoms with E-state index in [2.05, 4.69) is 15.6 Å². The number of methoxy groups -OCH3 is 3. The Morgan fingerprint density at radius 1 is 1.07 bits per heavy atom. The van der Waals surface area contributed by atoms with E-state index in [9.17, 15) is 4.79 Å². The molecule has 0 aliphatic rings. The largest absolute Gasteiger partial charge is 0.497 e.